The van der Waals surface area contributed by atoms with E-state index in [0.717, 1.165) is 16.7 Å². The highest BCUT2D eigenvalue weighted by Gasteiger charge is 2.32. The van der Waals surface area contributed by atoms with Crippen molar-refractivity contribution in [3.63, 3.8) is 0 Å². The summed E-state index contributed by atoms with van der Waals surface area (Å²) < 4.78 is 7.49. The van der Waals surface area contributed by atoms with Crippen LogP contribution >= 0.6 is 0 Å². The molecule has 1 aromatic heterocycles. The van der Waals surface area contributed by atoms with E-state index in [9.17, 15) is 10.2 Å². The number of aliphatic hydroxyl groups excluding tert-OH is 1. The number of ether oxygens (including phenoxy) is 1. The van der Waals surface area contributed by atoms with Gasteiger partial charge in [0.1, 0.15) is 23.3 Å². The first kappa shape index (κ1) is 16.4. The smallest absolute Gasteiger partial charge is 0.228 e. The van der Waals surface area contributed by atoms with Crippen molar-refractivity contribution >= 4 is 0 Å². The molecular formula is C20H19N3O3. The van der Waals surface area contributed by atoms with Gasteiger partial charge in [-0.1, -0.05) is 35.9 Å². The molecule has 2 heterocycles. The molecule has 0 radical (unpaired) electrons. The number of aromatic nitrogens is 2. The minimum Gasteiger partial charge on any atom is -0.508 e. The van der Waals surface area contributed by atoms with Gasteiger partial charge < -0.3 is 19.5 Å². The molecule has 0 spiro atoms. The Kier molecular flexibility index (Phi) is 3.97. The van der Waals surface area contributed by atoms with Gasteiger partial charge in [0.15, 0.2) is 0 Å². The van der Waals surface area contributed by atoms with E-state index >= 15 is 0 Å². The van der Waals surface area contributed by atoms with Crippen molar-refractivity contribution < 1.29 is 14.9 Å². The van der Waals surface area contributed by atoms with E-state index in [4.69, 9.17) is 10.1 Å². The molecule has 6 heteroatoms. The SMILES string of the molecule is Cc1ccc([C@@H]2c3ccc(O)cc3Oc3ncn(CCO)c(=N)c32)cc1. The second-order valence-corrected chi connectivity index (χ2v) is 6.40. The van der Waals surface area contributed by atoms with Gasteiger partial charge in [-0.25, -0.2) is 4.98 Å². The van der Waals surface area contributed by atoms with Crippen LogP contribution in [0.4, 0.5) is 0 Å². The number of aliphatic hydroxyl groups is 1. The third kappa shape index (κ3) is 2.64. The Morgan fingerprint density at radius 1 is 1.19 bits per heavy atom. The number of phenolic OH excluding ortho intramolecular Hbond substituents is 1. The van der Waals surface area contributed by atoms with Gasteiger partial charge in [0.05, 0.1) is 12.2 Å². The minimum atomic E-state index is -0.235. The Bertz CT molecular complexity index is 1030. The number of rotatable bonds is 3. The fourth-order valence-corrected chi connectivity index (χ4v) is 3.34. The highest BCUT2D eigenvalue weighted by Crippen LogP contribution is 2.45. The lowest BCUT2D eigenvalue weighted by Crippen LogP contribution is -2.30. The topological polar surface area (TPSA) is 91.4 Å². The summed E-state index contributed by atoms with van der Waals surface area (Å²) in [5, 5.41) is 27.7. The van der Waals surface area contributed by atoms with Gasteiger partial charge >= 0.3 is 0 Å². The van der Waals surface area contributed by atoms with Gasteiger partial charge in [0.2, 0.25) is 5.88 Å². The monoisotopic (exact) mass is 349 g/mol. The van der Waals surface area contributed by atoms with Crippen LogP contribution < -0.4 is 10.2 Å². The average Bonchev–Trinajstić information content (AvgIpc) is 2.63. The zero-order valence-corrected chi connectivity index (χ0v) is 14.3. The van der Waals surface area contributed by atoms with Crippen molar-refractivity contribution in [2.75, 3.05) is 6.61 Å². The van der Waals surface area contributed by atoms with E-state index < -0.39 is 0 Å². The highest BCUT2D eigenvalue weighted by molar-refractivity contribution is 5.57. The zero-order valence-electron chi connectivity index (χ0n) is 14.3. The molecule has 26 heavy (non-hydrogen) atoms. The lowest BCUT2D eigenvalue weighted by Gasteiger charge is -2.28. The van der Waals surface area contributed by atoms with Crippen LogP contribution in [0.2, 0.25) is 0 Å². The van der Waals surface area contributed by atoms with Crippen LogP contribution in [0.5, 0.6) is 17.4 Å². The molecule has 0 saturated heterocycles. The van der Waals surface area contributed by atoms with Gasteiger partial charge in [0, 0.05) is 24.1 Å². The standard InChI is InChI=1S/C20H19N3O3/c1-12-2-4-13(5-3-12)17-15-7-6-14(25)10-16(15)26-20-18(17)19(21)23(8-9-24)11-22-20/h2-7,10-11,17,21,24-25H,8-9H2,1H3/t17-/m1/s1. The van der Waals surface area contributed by atoms with Gasteiger partial charge in [0.25, 0.3) is 0 Å². The van der Waals surface area contributed by atoms with E-state index in [-0.39, 0.29) is 23.8 Å². The number of phenols is 1. The molecule has 0 bridgehead atoms. The van der Waals surface area contributed by atoms with Crippen molar-refractivity contribution in [2.45, 2.75) is 19.4 Å². The predicted octanol–water partition coefficient (Wildman–Crippen LogP) is 2.65. The fourth-order valence-electron chi connectivity index (χ4n) is 3.34. The molecule has 0 unspecified atom stereocenters. The first-order chi connectivity index (χ1) is 12.6. The van der Waals surface area contributed by atoms with Crippen LogP contribution in [0.15, 0.2) is 48.8 Å². The summed E-state index contributed by atoms with van der Waals surface area (Å²) in [5.41, 5.74) is 3.95. The Labute approximate surface area is 150 Å². The number of hydrogen-bond acceptors (Lipinski definition) is 5. The molecule has 2 aromatic carbocycles. The number of fused-ring (bicyclic) bond motifs is 2. The lowest BCUT2D eigenvalue weighted by atomic mass is 9.83. The van der Waals surface area contributed by atoms with Crippen LogP contribution in [0.3, 0.4) is 0 Å². The molecule has 1 atom stereocenters. The number of benzene rings is 2. The molecule has 3 aromatic rings. The largest absolute Gasteiger partial charge is 0.508 e. The highest BCUT2D eigenvalue weighted by atomic mass is 16.5. The molecule has 0 fully saturated rings. The number of nitrogens with zero attached hydrogens (tertiary/aromatic N) is 2. The maximum atomic E-state index is 9.83. The van der Waals surface area contributed by atoms with E-state index in [2.05, 4.69) is 4.98 Å². The van der Waals surface area contributed by atoms with Gasteiger partial charge in [-0.2, -0.15) is 0 Å². The molecule has 3 N–H and O–H groups in total. The molecule has 1 aliphatic rings. The molecule has 0 amide bonds. The number of nitrogens with one attached hydrogen (secondary N) is 1. The van der Waals surface area contributed by atoms with E-state index in [1.54, 1.807) is 16.7 Å². The molecule has 0 aliphatic carbocycles. The summed E-state index contributed by atoms with van der Waals surface area (Å²) in [7, 11) is 0. The number of aromatic hydroxyl groups is 1. The first-order valence-electron chi connectivity index (χ1n) is 8.40. The predicted molar refractivity (Wildman–Crippen MR) is 95.5 cm³/mol. The van der Waals surface area contributed by atoms with E-state index in [1.165, 1.54) is 6.33 Å². The summed E-state index contributed by atoms with van der Waals surface area (Å²) >= 11 is 0. The van der Waals surface area contributed by atoms with Crippen molar-refractivity contribution in [1.82, 2.24) is 9.55 Å². The van der Waals surface area contributed by atoms with Crippen molar-refractivity contribution in [2.24, 2.45) is 0 Å². The van der Waals surface area contributed by atoms with Gasteiger partial charge in [-0.3, -0.25) is 5.41 Å². The van der Waals surface area contributed by atoms with Gasteiger partial charge in [-0.15, -0.1) is 0 Å². The summed E-state index contributed by atoms with van der Waals surface area (Å²) in [6.45, 7) is 2.25. The molecule has 1 aliphatic heterocycles. The van der Waals surface area contributed by atoms with Crippen LogP contribution in [0, 0.1) is 12.3 Å². The number of aryl methyl sites for hydroxylation is 1. The van der Waals surface area contributed by atoms with Crippen LogP contribution in [0.1, 0.15) is 28.2 Å². The maximum absolute atomic E-state index is 9.83. The minimum absolute atomic E-state index is 0.0719. The lowest BCUT2D eigenvalue weighted by molar-refractivity contribution is 0.271. The summed E-state index contributed by atoms with van der Waals surface area (Å²) in [4.78, 5) is 4.35. The third-order valence-corrected chi connectivity index (χ3v) is 4.64. The van der Waals surface area contributed by atoms with Gasteiger partial charge in [-0.05, 0) is 18.6 Å². The Balaban J connectivity index is 1.98. The van der Waals surface area contributed by atoms with Crippen molar-refractivity contribution in [1.29, 1.82) is 5.41 Å². The second kappa shape index (κ2) is 6.31. The Morgan fingerprint density at radius 2 is 1.96 bits per heavy atom. The van der Waals surface area contributed by atoms with Crippen molar-refractivity contribution in [3.05, 3.63) is 76.5 Å². The molecular weight excluding hydrogens is 330 g/mol. The fraction of sp³-hybridized carbons (Fsp3) is 0.200. The summed E-state index contributed by atoms with van der Waals surface area (Å²) in [6.07, 6.45) is 1.50. The van der Waals surface area contributed by atoms with E-state index in [1.807, 2.05) is 37.3 Å². The molecule has 132 valence electrons. The average molecular weight is 349 g/mol. The van der Waals surface area contributed by atoms with Crippen molar-refractivity contribution in [3.8, 4) is 17.4 Å². The molecule has 6 nitrogen and oxygen atoms in total. The molecule has 0 saturated carbocycles. The third-order valence-electron chi connectivity index (χ3n) is 4.64. The second-order valence-electron chi connectivity index (χ2n) is 6.40. The van der Waals surface area contributed by atoms with Crippen LogP contribution in [0.25, 0.3) is 0 Å². The Morgan fingerprint density at radius 3 is 2.69 bits per heavy atom. The maximum Gasteiger partial charge on any atom is 0.228 e. The normalized spacial score (nSPS) is 15.1. The van der Waals surface area contributed by atoms with Crippen LogP contribution in [-0.2, 0) is 6.54 Å². The van der Waals surface area contributed by atoms with Crippen LogP contribution in [-0.4, -0.2) is 26.4 Å². The number of hydrogen-bond donors (Lipinski definition) is 3. The summed E-state index contributed by atoms with van der Waals surface area (Å²) in [5.74, 6) is 0.774. The zero-order chi connectivity index (χ0) is 18.3. The first-order valence-corrected chi connectivity index (χ1v) is 8.40. The summed E-state index contributed by atoms with van der Waals surface area (Å²) in [6, 6.07) is 13.2. The Hall–Kier alpha value is -3.12. The molecule has 4 rings (SSSR count). The van der Waals surface area contributed by atoms with E-state index in [0.29, 0.717) is 23.7 Å². The quantitative estimate of drug-likeness (QED) is 0.530.